The maximum atomic E-state index is 11.6. The van der Waals surface area contributed by atoms with Gasteiger partial charge in [-0.25, -0.2) is 0 Å². The first-order valence-corrected chi connectivity index (χ1v) is 5.80. The Morgan fingerprint density at radius 1 is 1.57 bits per heavy atom. The Morgan fingerprint density at radius 3 is 2.79 bits per heavy atom. The molecule has 0 N–H and O–H groups in total. The molecule has 82 valence electrons. The van der Waals surface area contributed by atoms with Gasteiger partial charge in [0.25, 0.3) is 0 Å². The van der Waals surface area contributed by atoms with Gasteiger partial charge in [0.15, 0.2) is 0 Å². The van der Waals surface area contributed by atoms with Gasteiger partial charge in [0.05, 0.1) is 0 Å². The third-order valence-corrected chi connectivity index (χ3v) is 3.13. The van der Waals surface area contributed by atoms with Crippen molar-refractivity contribution in [2.24, 2.45) is 5.41 Å². The Kier molecular flexibility index (Phi) is 3.82. The molecule has 0 aromatic heterocycles. The lowest BCUT2D eigenvalue weighted by Crippen LogP contribution is -2.37. The molecule has 0 bridgehead atoms. The molecule has 1 fully saturated rings. The Hall–Kier alpha value is -0.240. The third kappa shape index (κ3) is 3.16. The molecule has 1 aliphatic heterocycles. The number of hydrogen-bond donors (Lipinski definition) is 0. The minimum Gasteiger partial charge on any atom is -0.342 e. The van der Waals surface area contributed by atoms with Gasteiger partial charge in [-0.2, -0.15) is 0 Å². The highest BCUT2D eigenvalue weighted by atomic mass is 35.5. The fraction of sp³-hybridized carbons (Fsp3) is 0.909. The molecule has 14 heavy (non-hydrogen) atoms. The van der Waals surface area contributed by atoms with Gasteiger partial charge in [-0.1, -0.05) is 20.8 Å². The van der Waals surface area contributed by atoms with Gasteiger partial charge in [-0.3, -0.25) is 4.79 Å². The van der Waals surface area contributed by atoms with Crippen LogP contribution in [-0.4, -0.2) is 29.3 Å². The van der Waals surface area contributed by atoms with Crippen LogP contribution in [0.2, 0.25) is 0 Å². The number of carbonyl (C=O) groups excluding carboxylic acids is 1. The first-order valence-electron chi connectivity index (χ1n) is 5.36. The fourth-order valence-electron chi connectivity index (χ4n) is 2.09. The first-order chi connectivity index (χ1) is 6.44. The number of hydrogen-bond acceptors (Lipinski definition) is 1. The number of rotatable bonds is 1. The zero-order valence-electron chi connectivity index (χ0n) is 9.35. The van der Waals surface area contributed by atoms with Crippen LogP contribution in [0.5, 0.6) is 0 Å². The summed E-state index contributed by atoms with van der Waals surface area (Å²) in [5.74, 6) is 0.254. The summed E-state index contributed by atoms with van der Waals surface area (Å²) >= 11 is 6.18. The van der Waals surface area contributed by atoms with E-state index < -0.39 is 0 Å². The van der Waals surface area contributed by atoms with Gasteiger partial charge >= 0.3 is 0 Å². The molecule has 2 nitrogen and oxygen atoms in total. The summed E-state index contributed by atoms with van der Waals surface area (Å²) in [5.41, 5.74) is 0.160. The highest BCUT2D eigenvalue weighted by molar-refractivity contribution is 6.20. The molecule has 0 aliphatic carbocycles. The van der Waals surface area contributed by atoms with E-state index in [1.165, 1.54) is 0 Å². The Morgan fingerprint density at radius 2 is 2.21 bits per heavy atom. The summed E-state index contributed by atoms with van der Waals surface area (Å²) in [6.45, 7) is 7.96. The summed E-state index contributed by atoms with van der Waals surface area (Å²) in [5, 5.41) is 0.222. The van der Waals surface area contributed by atoms with Crippen molar-refractivity contribution in [2.75, 3.05) is 13.1 Å². The number of nitrogens with zero attached hydrogens (tertiary/aromatic N) is 1. The predicted octanol–water partition coefficient (Wildman–Crippen LogP) is 2.65. The Labute approximate surface area is 91.6 Å². The lowest BCUT2D eigenvalue weighted by molar-refractivity contribution is -0.131. The average Bonchev–Trinajstić information content (AvgIpc) is 2.22. The molecule has 0 saturated carbocycles. The molecule has 0 aromatic rings. The van der Waals surface area contributed by atoms with E-state index in [2.05, 4.69) is 13.8 Å². The number of carbonyl (C=O) groups is 1. The second-order valence-electron chi connectivity index (χ2n) is 4.92. The minimum absolute atomic E-state index is 0.160. The normalized spacial score (nSPS) is 27.1. The van der Waals surface area contributed by atoms with Crippen molar-refractivity contribution in [1.29, 1.82) is 0 Å². The van der Waals surface area contributed by atoms with Gasteiger partial charge in [-0.05, 0) is 18.3 Å². The average molecular weight is 218 g/mol. The van der Waals surface area contributed by atoms with Gasteiger partial charge in [-0.15, -0.1) is 11.6 Å². The van der Waals surface area contributed by atoms with Crippen molar-refractivity contribution in [2.45, 2.75) is 45.4 Å². The van der Waals surface area contributed by atoms with Gasteiger partial charge in [0.1, 0.15) is 0 Å². The van der Waals surface area contributed by atoms with E-state index in [1.807, 2.05) is 11.8 Å². The monoisotopic (exact) mass is 217 g/mol. The number of amides is 1. The molecule has 1 saturated heterocycles. The summed E-state index contributed by atoms with van der Waals surface area (Å²) in [6.07, 6.45) is 2.53. The lowest BCUT2D eigenvalue weighted by atomic mass is 9.88. The molecular formula is C11H20ClNO. The van der Waals surface area contributed by atoms with Crippen LogP contribution in [0.15, 0.2) is 0 Å². The number of halogens is 1. The van der Waals surface area contributed by atoms with Crippen LogP contribution < -0.4 is 0 Å². The van der Waals surface area contributed by atoms with Crippen LogP contribution >= 0.6 is 11.6 Å². The molecule has 1 unspecified atom stereocenters. The van der Waals surface area contributed by atoms with Crippen LogP contribution in [0.4, 0.5) is 0 Å². The van der Waals surface area contributed by atoms with Crippen molar-refractivity contribution < 1.29 is 4.79 Å². The van der Waals surface area contributed by atoms with E-state index >= 15 is 0 Å². The Balaban J connectivity index is 2.67. The molecule has 3 heteroatoms. The second-order valence-corrected chi connectivity index (χ2v) is 5.54. The van der Waals surface area contributed by atoms with Crippen molar-refractivity contribution in [1.82, 2.24) is 4.90 Å². The van der Waals surface area contributed by atoms with Gasteiger partial charge < -0.3 is 4.90 Å². The van der Waals surface area contributed by atoms with E-state index in [-0.39, 0.29) is 16.7 Å². The Bertz CT molecular complexity index is 215. The summed E-state index contributed by atoms with van der Waals surface area (Å²) in [4.78, 5) is 13.6. The van der Waals surface area contributed by atoms with Crippen molar-refractivity contribution >= 4 is 17.5 Å². The molecule has 0 aromatic carbocycles. The summed E-state index contributed by atoms with van der Waals surface area (Å²) in [6, 6.07) is 0. The van der Waals surface area contributed by atoms with E-state index in [9.17, 15) is 4.79 Å². The SMILES string of the molecule is CCC(=O)N1CCC(Cl)CC(C)(C)C1. The van der Waals surface area contributed by atoms with Crippen LogP contribution in [0, 0.1) is 5.41 Å². The van der Waals surface area contributed by atoms with Crippen LogP contribution in [0.25, 0.3) is 0 Å². The zero-order chi connectivity index (χ0) is 10.8. The quantitative estimate of drug-likeness (QED) is 0.619. The topological polar surface area (TPSA) is 20.3 Å². The summed E-state index contributed by atoms with van der Waals surface area (Å²) < 4.78 is 0. The maximum absolute atomic E-state index is 11.6. The van der Waals surface area contributed by atoms with E-state index in [4.69, 9.17) is 11.6 Å². The highest BCUT2D eigenvalue weighted by Gasteiger charge is 2.30. The van der Waals surface area contributed by atoms with E-state index in [0.717, 1.165) is 25.9 Å². The summed E-state index contributed by atoms with van der Waals surface area (Å²) in [7, 11) is 0. The molecule has 1 amide bonds. The number of alkyl halides is 1. The van der Waals surface area contributed by atoms with E-state index in [0.29, 0.717) is 6.42 Å². The first kappa shape index (κ1) is 11.8. The molecule has 1 aliphatic rings. The smallest absolute Gasteiger partial charge is 0.222 e. The maximum Gasteiger partial charge on any atom is 0.222 e. The highest BCUT2D eigenvalue weighted by Crippen LogP contribution is 2.31. The third-order valence-electron chi connectivity index (χ3n) is 2.76. The molecule has 0 spiro atoms. The molecule has 1 rings (SSSR count). The number of likely N-dealkylation sites (tertiary alicyclic amines) is 1. The second kappa shape index (κ2) is 4.52. The standard InChI is InChI=1S/C11H20ClNO/c1-4-10(14)13-6-5-9(12)7-11(2,3)8-13/h9H,4-8H2,1-3H3. The van der Waals surface area contributed by atoms with Gasteiger partial charge in [0.2, 0.25) is 5.91 Å². The van der Waals surface area contributed by atoms with Gasteiger partial charge in [0, 0.05) is 24.9 Å². The largest absolute Gasteiger partial charge is 0.342 e. The molecule has 0 radical (unpaired) electrons. The van der Waals surface area contributed by atoms with Crippen molar-refractivity contribution in [3.8, 4) is 0 Å². The van der Waals surface area contributed by atoms with Crippen molar-refractivity contribution in [3.63, 3.8) is 0 Å². The predicted molar refractivity (Wildman–Crippen MR) is 59.5 cm³/mol. The van der Waals surface area contributed by atoms with Crippen molar-refractivity contribution in [3.05, 3.63) is 0 Å². The molecule has 1 heterocycles. The minimum atomic E-state index is 0.160. The van der Waals surface area contributed by atoms with E-state index in [1.54, 1.807) is 0 Å². The zero-order valence-corrected chi connectivity index (χ0v) is 10.1. The van der Waals surface area contributed by atoms with Crippen LogP contribution in [-0.2, 0) is 4.79 Å². The van der Waals surface area contributed by atoms with Crippen LogP contribution in [0.3, 0.4) is 0 Å². The fourth-order valence-corrected chi connectivity index (χ4v) is 2.61. The molecule has 1 atom stereocenters. The molecular weight excluding hydrogens is 198 g/mol. The lowest BCUT2D eigenvalue weighted by Gasteiger charge is -2.29. The van der Waals surface area contributed by atoms with Crippen LogP contribution in [0.1, 0.15) is 40.0 Å².